The molecule has 0 aliphatic heterocycles. The largest absolute Gasteiger partial charge is 0.369 e. The third-order valence-corrected chi connectivity index (χ3v) is 4.35. The summed E-state index contributed by atoms with van der Waals surface area (Å²) in [5.41, 5.74) is 5.74. The lowest BCUT2D eigenvalue weighted by Gasteiger charge is -2.19. The number of carbonyl (C=O) groups is 2. The van der Waals surface area contributed by atoms with E-state index in [0.29, 0.717) is 10.5 Å². The standard InChI is InChI=1S/C17H16F2N2O2S/c1-21(9-11-6-7-12(18)8-14(11)19)17(23)13-4-2-3-5-15(13)24-10-16(20)22/h2-8H,9-10H2,1H3,(H2,20,22). The summed E-state index contributed by atoms with van der Waals surface area (Å²) in [7, 11) is 1.53. The number of halogens is 2. The minimum Gasteiger partial charge on any atom is -0.369 e. The first-order valence-corrected chi connectivity index (χ1v) is 8.06. The van der Waals surface area contributed by atoms with Gasteiger partial charge >= 0.3 is 0 Å². The molecule has 7 heteroatoms. The summed E-state index contributed by atoms with van der Waals surface area (Å²) in [6.45, 7) is -0.000231. The number of amides is 2. The third-order valence-electron chi connectivity index (χ3n) is 3.26. The average molecular weight is 350 g/mol. The van der Waals surface area contributed by atoms with Crippen LogP contribution < -0.4 is 5.73 Å². The van der Waals surface area contributed by atoms with Crippen LogP contribution in [0.25, 0.3) is 0 Å². The number of hydrogen-bond acceptors (Lipinski definition) is 3. The first-order valence-electron chi connectivity index (χ1n) is 7.08. The summed E-state index contributed by atoms with van der Waals surface area (Å²) in [4.78, 5) is 25.5. The average Bonchev–Trinajstić information content (AvgIpc) is 2.55. The van der Waals surface area contributed by atoms with Gasteiger partial charge in [-0.25, -0.2) is 8.78 Å². The van der Waals surface area contributed by atoms with E-state index in [1.54, 1.807) is 24.3 Å². The molecule has 2 rings (SSSR count). The fraction of sp³-hybridized carbons (Fsp3) is 0.176. The van der Waals surface area contributed by atoms with E-state index in [4.69, 9.17) is 5.73 Å². The van der Waals surface area contributed by atoms with Gasteiger partial charge in [-0.15, -0.1) is 11.8 Å². The van der Waals surface area contributed by atoms with Gasteiger partial charge in [-0.3, -0.25) is 9.59 Å². The maximum Gasteiger partial charge on any atom is 0.255 e. The van der Waals surface area contributed by atoms with Gasteiger partial charge < -0.3 is 10.6 Å². The lowest BCUT2D eigenvalue weighted by Crippen LogP contribution is -2.27. The molecule has 0 bridgehead atoms. The maximum atomic E-state index is 13.7. The Morgan fingerprint density at radius 1 is 1.17 bits per heavy atom. The van der Waals surface area contributed by atoms with Crippen LogP contribution in [0.15, 0.2) is 47.4 Å². The van der Waals surface area contributed by atoms with Crippen molar-refractivity contribution in [3.63, 3.8) is 0 Å². The van der Waals surface area contributed by atoms with E-state index in [2.05, 4.69) is 0 Å². The fourth-order valence-electron chi connectivity index (χ4n) is 2.10. The first-order chi connectivity index (χ1) is 11.4. The van der Waals surface area contributed by atoms with E-state index in [9.17, 15) is 18.4 Å². The van der Waals surface area contributed by atoms with Gasteiger partial charge in [0.15, 0.2) is 0 Å². The second-order valence-corrected chi connectivity index (χ2v) is 6.17. The summed E-state index contributed by atoms with van der Waals surface area (Å²) >= 11 is 1.17. The molecule has 0 aliphatic carbocycles. The zero-order chi connectivity index (χ0) is 17.7. The molecule has 126 valence electrons. The second kappa shape index (κ2) is 7.92. The molecule has 0 unspecified atom stereocenters. The van der Waals surface area contributed by atoms with Crippen LogP contribution in [0.4, 0.5) is 8.78 Å². The van der Waals surface area contributed by atoms with Crippen LogP contribution in [0.1, 0.15) is 15.9 Å². The minimum atomic E-state index is -0.703. The van der Waals surface area contributed by atoms with Crippen molar-refractivity contribution < 1.29 is 18.4 Å². The molecule has 2 N–H and O–H groups in total. The van der Waals surface area contributed by atoms with Gasteiger partial charge in [0.25, 0.3) is 5.91 Å². The number of hydrogen-bond donors (Lipinski definition) is 1. The molecule has 0 radical (unpaired) electrons. The summed E-state index contributed by atoms with van der Waals surface area (Å²) in [5, 5.41) is 0. The van der Waals surface area contributed by atoms with E-state index in [0.717, 1.165) is 12.1 Å². The minimum absolute atomic E-state index is 0.000231. The Morgan fingerprint density at radius 3 is 2.54 bits per heavy atom. The van der Waals surface area contributed by atoms with Crippen LogP contribution in [0.2, 0.25) is 0 Å². The summed E-state index contributed by atoms with van der Waals surface area (Å²) in [6.07, 6.45) is 0. The molecule has 0 fully saturated rings. The fourth-order valence-corrected chi connectivity index (χ4v) is 2.88. The van der Waals surface area contributed by atoms with Gasteiger partial charge in [-0.1, -0.05) is 18.2 Å². The molecule has 0 heterocycles. The molecule has 0 aliphatic rings. The molecule has 24 heavy (non-hydrogen) atoms. The number of primary amides is 1. The molecule has 2 aromatic carbocycles. The predicted molar refractivity (Wildman–Crippen MR) is 88.5 cm³/mol. The topological polar surface area (TPSA) is 63.4 Å². The lowest BCUT2D eigenvalue weighted by molar-refractivity contribution is -0.115. The number of thioether (sulfide) groups is 1. The summed E-state index contributed by atoms with van der Waals surface area (Å²) in [5.74, 6) is -2.12. The Kier molecular flexibility index (Phi) is 5.92. The van der Waals surface area contributed by atoms with Crippen molar-refractivity contribution in [1.29, 1.82) is 0 Å². The van der Waals surface area contributed by atoms with Crippen molar-refractivity contribution in [3.8, 4) is 0 Å². The molecule has 0 aromatic heterocycles. The number of nitrogens with zero attached hydrogens (tertiary/aromatic N) is 1. The van der Waals surface area contributed by atoms with Crippen molar-refractivity contribution in [1.82, 2.24) is 4.90 Å². The van der Waals surface area contributed by atoms with Crippen LogP contribution in [0.5, 0.6) is 0 Å². The van der Waals surface area contributed by atoms with Crippen molar-refractivity contribution in [2.75, 3.05) is 12.8 Å². The van der Waals surface area contributed by atoms with Crippen LogP contribution in [-0.2, 0) is 11.3 Å². The summed E-state index contributed by atoms with van der Waals surface area (Å²) < 4.78 is 26.7. The highest BCUT2D eigenvalue weighted by molar-refractivity contribution is 8.00. The number of carbonyl (C=O) groups excluding carboxylic acids is 2. The number of nitrogens with two attached hydrogens (primary N) is 1. The van der Waals surface area contributed by atoms with E-state index >= 15 is 0 Å². The normalized spacial score (nSPS) is 10.5. The SMILES string of the molecule is CN(Cc1ccc(F)cc1F)C(=O)c1ccccc1SCC(N)=O. The third kappa shape index (κ3) is 4.55. The Labute approximate surface area is 142 Å². The molecular formula is C17H16F2N2O2S. The quantitative estimate of drug-likeness (QED) is 0.815. The number of rotatable bonds is 6. The van der Waals surface area contributed by atoms with E-state index in [-0.39, 0.29) is 23.8 Å². The highest BCUT2D eigenvalue weighted by Gasteiger charge is 2.17. The smallest absolute Gasteiger partial charge is 0.255 e. The molecule has 4 nitrogen and oxygen atoms in total. The highest BCUT2D eigenvalue weighted by atomic mass is 32.2. The molecule has 0 atom stereocenters. The van der Waals surface area contributed by atoms with Gasteiger partial charge in [0.1, 0.15) is 11.6 Å². The predicted octanol–water partition coefficient (Wildman–Crippen LogP) is 2.81. The Hall–Kier alpha value is -2.41. The van der Waals surface area contributed by atoms with Crippen molar-refractivity contribution in [2.24, 2.45) is 5.73 Å². The first kappa shape index (κ1) is 17.9. The second-order valence-electron chi connectivity index (χ2n) is 5.15. The lowest BCUT2D eigenvalue weighted by atomic mass is 10.1. The molecule has 0 saturated carbocycles. The molecule has 0 saturated heterocycles. The van der Waals surface area contributed by atoms with Gasteiger partial charge in [0.05, 0.1) is 11.3 Å². The van der Waals surface area contributed by atoms with Crippen molar-refractivity contribution >= 4 is 23.6 Å². The van der Waals surface area contributed by atoms with Crippen LogP contribution >= 0.6 is 11.8 Å². The Bertz CT molecular complexity index is 768. The van der Waals surface area contributed by atoms with Crippen LogP contribution in [0, 0.1) is 11.6 Å². The van der Waals surface area contributed by atoms with E-state index in [1.807, 2.05) is 0 Å². The van der Waals surface area contributed by atoms with Gasteiger partial charge in [-0.2, -0.15) is 0 Å². The van der Waals surface area contributed by atoms with Gasteiger partial charge in [0.2, 0.25) is 5.91 Å². The monoisotopic (exact) mass is 350 g/mol. The zero-order valence-electron chi connectivity index (χ0n) is 13.0. The van der Waals surface area contributed by atoms with Crippen LogP contribution in [-0.4, -0.2) is 29.5 Å². The van der Waals surface area contributed by atoms with E-state index in [1.165, 1.54) is 29.8 Å². The Balaban J connectivity index is 2.17. The molecule has 2 aromatic rings. The van der Waals surface area contributed by atoms with Crippen molar-refractivity contribution in [3.05, 3.63) is 65.2 Å². The number of benzene rings is 2. The molecular weight excluding hydrogens is 334 g/mol. The zero-order valence-corrected chi connectivity index (χ0v) is 13.8. The highest BCUT2D eigenvalue weighted by Crippen LogP contribution is 2.24. The van der Waals surface area contributed by atoms with Crippen molar-refractivity contribution in [2.45, 2.75) is 11.4 Å². The maximum absolute atomic E-state index is 13.7. The summed E-state index contributed by atoms with van der Waals surface area (Å²) in [6, 6.07) is 10.0. The van der Waals surface area contributed by atoms with Gasteiger partial charge in [-0.05, 0) is 18.2 Å². The molecule has 2 amide bonds. The van der Waals surface area contributed by atoms with Gasteiger partial charge in [0, 0.05) is 30.1 Å². The van der Waals surface area contributed by atoms with Crippen LogP contribution in [0.3, 0.4) is 0 Å². The Morgan fingerprint density at radius 2 is 1.88 bits per heavy atom. The molecule has 0 spiro atoms. The van der Waals surface area contributed by atoms with E-state index < -0.39 is 17.5 Å².